The molecule has 3 aromatic rings. The highest BCUT2D eigenvalue weighted by Crippen LogP contribution is 2.41. The van der Waals surface area contributed by atoms with Crippen molar-refractivity contribution in [2.24, 2.45) is 0 Å². The van der Waals surface area contributed by atoms with Crippen LogP contribution in [0.25, 0.3) is 11.2 Å². The fraction of sp³-hybridized carbons (Fsp3) is 0.536. The molecule has 2 fully saturated rings. The molecule has 2 aromatic heterocycles. The van der Waals surface area contributed by atoms with Gasteiger partial charge < -0.3 is 18.9 Å². The van der Waals surface area contributed by atoms with Crippen LogP contribution in [-0.4, -0.2) is 38.2 Å². The zero-order valence-electron chi connectivity index (χ0n) is 20.2. The maximum Gasteiger partial charge on any atom is 0.256 e. The van der Waals surface area contributed by atoms with E-state index in [2.05, 4.69) is 21.6 Å². The molecule has 0 radical (unpaired) electrons. The zero-order chi connectivity index (χ0) is 23.4. The number of benzene rings is 1. The third kappa shape index (κ3) is 3.85. The molecule has 7 rings (SSSR count). The molecule has 7 heteroatoms. The van der Waals surface area contributed by atoms with Crippen LogP contribution in [0.15, 0.2) is 24.3 Å². The second-order valence-electron chi connectivity index (χ2n) is 10.6. The number of imidazole rings is 1. The number of carbonyl (C=O) groups is 1. The van der Waals surface area contributed by atoms with E-state index in [4.69, 9.17) is 19.4 Å². The van der Waals surface area contributed by atoms with Crippen molar-refractivity contribution in [1.29, 1.82) is 0 Å². The number of nitrogens with zero attached hydrogens (tertiary/aromatic N) is 4. The summed E-state index contributed by atoms with van der Waals surface area (Å²) in [5, 5.41) is 0. The Morgan fingerprint density at radius 1 is 0.971 bits per heavy atom. The largest absolute Gasteiger partial charge is 0.454 e. The molecular weight excluding hydrogens is 440 g/mol. The predicted octanol–water partition coefficient (Wildman–Crippen LogP) is 5.35. The summed E-state index contributed by atoms with van der Waals surface area (Å²) in [6, 6.07) is 8.35. The SMILES string of the molecule is O=C(c1cc(C2CC2)nc2c1nc1n2CCCCC1)N(Cc1ccc2c(c1)OCO2)C1CCCC1. The average Bonchev–Trinajstić information content (AvgIpc) is 3.30. The van der Waals surface area contributed by atoms with E-state index >= 15 is 0 Å². The van der Waals surface area contributed by atoms with Crippen molar-refractivity contribution in [3.63, 3.8) is 0 Å². The summed E-state index contributed by atoms with van der Waals surface area (Å²) in [6.45, 7) is 1.77. The van der Waals surface area contributed by atoms with E-state index in [-0.39, 0.29) is 18.7 Å². The van der Waals surface area contributed by atoms with Gasteiger partial charge in [-0.2, -0.15) is 0 Å². The molecule has 0 saturated heterocycles. The van der Waals surface area contributed by atoms with Gasteiger partial charge in [-0.15, -0.1) is 0 Å². The molecule has 0 atom stereocenters. The minimum Gasteiger partial charge on any atom is -0.454 e. The molecule has 1 aromatic carbocycles. The lowest BCUT2D eigenvalue weighted by Gasteiger charge is -2.29. The fourth-order valence-electron chi connectivity index (χ4n) is 6.03. The van der Waals surface area contributed by atoms with E-state index in [0.29, 0.717) is 12.5 Å². The summed E-state index contributed by atoms with van der Waals surface area (Å²) < 4.78 is 13.4. The summed E-state index contributed by atoms with van der Waals surface area (Å²) in [4.78, 5) is 26.6. The number of aryl methyl sites for hydroxylation is 2. The van der Waals surface area contributed by atoms with E-state index in [1.165, 1.54) is 19.3 Å². The second-order valence-corrected chi connectivity index (χ2v) is 10.6. The van der Waals surface area contributed by atoms with E-state index in [1.54, 1.807) is 0 Å². The Morgan fingerprint density at radius 2 is 1.83 bits per heavy atom. The Kier molecular flexibility index (Phi) is 5.17. The minimum absolute atomic E-state index is 0.0946. The van der Waals surface area contributed by atoms with Crippen molar-refractivity contribution in [2.75, 3.05) is 6.79 Å². The number of hydrogen-bond donors (Lipinski definition) is 0. The monoisotopic (exact) mass is 472 g/mol. The number of fused-ring (bicyclic) bond motifs is 4. The Morgan fingerprint density at radius 3 is 2.69 bits per heavy atom. The minimum atomic E-state index is 0.0946. The van der Waals surface area contributed by atoms with Gasteiger partial charge in [0.15, 0.2) is 17.1 Å². The molecule has 4 aliphatic rings. The summed E-state index contributed by atoms with van der Waals surface area (Å²) >= 11 is 0. The van der Waals surface area contributed by atoms with Crippen molar-refractivity contribution < 1.29 is 14.3 Å². The molecule has 7 nitrogen and oxygen atoms in total. The molecular formula is C28H32N4O3. The zero-order valence-corrected chi connectivity index (χ0v) is 20.2. The van der Waals surface area contributed by atoms with Crippen LogP contribution in [0.4, 0.5) is 0 Å². The molecule has 0 bridgehead atoms. The van der Waals surface area contributed by atoms with Gasteiger partial charge in [-0.1, -0.05) is 25.3 Å². The number of rotatable bonds is 5. The molecule has 2 aliphatic heterocycles. The van der Waals surface area contributed by atoms with Crippen LogP contribution in [0, 0.1) is 0 Å². The van der Waals surface area contributed by atoms with Crippen molar-refractivity contribution in [1.82, 2.24) is 19.4 Å². The molecule has 2 aliphatic carbocycles. The highest BCUT2D eigenvalue weighted by Gasteiger charge is 2.33. The molecule has 0 unspecified atom stereocenters. The lowest BCUT2D eigenvalue weighted by molar-refractivity contribution is 0.0666. The molecule has 0 spiro atoms. The van der Waals surface area contributed by atoms with Gasteiger partial charge in [0.2, 0.25) is 6.79 Å². The third-order valence-electron chi connectivity index (χ3n) is 8.13. The van der Waals surface area contributed by atoms with Crippen molar-refractivity contribution >= 4 is 17.1 Å². The van der Waals surface area contributed by atoms with Crippen LogP contribution < -0.4 is 9.47 Å². The Balaban J connectivity index is 1.30. The smallest absolute Gasteiger partial charge is 0.256 e. The third-order valence-corrected chi connectivity index (χ3v) is 8.13. The van der Waals surface area contributed by atoms with Crippen LogP contribution in [0.1, 0.15) is 91.1 Å². The maximum absolute atomic E-state index is 14.4. The van der Waals surface area contributed by atoms with Gasteiger partial charge in [-0.25, -0.2) is 9.97 Å². The normalized spacial score (nSPS) is 19.7. The number of ether oxygens (including phenoxy) is 2. The topological polar surface area (TPSA) is 69.5 Å². The van der Waals surface area contributed by atoms with Crippen molar-refractivity contribution in [2.45, 2.75) is 89.3 Å². The van der Waals surface area contributed by atoms with E-state index < -0.39 is 0 Å². The quantitative estimate of drug-likeness (QED) is 0.501. The van der Waals surface area contributed by atoms with Gasteiger partial charge in [0.1, 0.15) is 11.3 Å². The van der Waals surface area contributed by atoms with Gasteiger partial charge >= 0.3 is 0 Å². The first kappa shape index (κ1) is 21.2. The summed E-state index contributed by atoms with van der Waals surface area (Å²) in [5.74, 6) is 3.21. The standard InChI is InChI=1S/C28H32N4O3/c33-28(32(20-6-3-4-7-20)16-18-9-12-23-24(14-18)35-17-34-23)21-15-22(19-10-11-19)29-27-26(21)30-25-8-2-1-5-13-31(25)27/h9,12,14-15,19-20H,1-8,10-11,13,16-17H2. The molecule has 35 heavy (non-hydrogen) atoms. The lowest BCUT2D eigenvalue weighted by Crippen LogP contribution is -2.38. The summed E-state index contributed by atoms with van der Waals surface area (Å²) in [7, 11) is 0. The molecule has 182 valence electrons. The Labute approximate surface area is 205 Å². The summed E-state index contributed by atoms with van der Waals surface area (Å²) in [5.41, 5.74) is 4.60. The first-order chi connectivity index (χ1) is 17.2. The average molecular weight is 473 g/mol. The number of pyridine rings is 1. The number of hydrogen-bond acceptors (Lipinski definition) is 5. The number of carbonyl (C=O) groups excluding carboxylic acids is 1. The Hall–Kier alpha value is -3.09. The maximum atomic E-state index is 14.4. The van der Waals surface area contributed by atoms with E-state index in [1.807, 2.05) is 12.1 Å². The van der Waals surface area contributed by atoms with Crippen LogP contribution in [0.5, 0.6) is 11.5 Å². The van der Waals surface area contributed by atoms with E-state index in [0.717, 1.165) is 96.8 Å². The van der Waals surface area contributed by atoms with Crippen LogP contribution in [-0.2, 0) is 19.5 Å². The molecule has 1 amide bonds. The van der Waals surface area contributed by atoms with Gasteiger partial charge in [0.05, 0.1) is 5.56 Å². The molecule has 4 heterocycles. The predicted molar refractivity (Wildman–Crippen MR) is 132 cm³/mol. The van der Waals surface area contributed by atoms with Gasteiger partial charge in [0.25, 0.3) is 5.91 Å². The van der Waals surface area contributed by atoms with Gasteiger partial charge in [0, 0.05) is 37.2 Å². The highest BCUT2D eigenvalue weighted by molar-refractivity contribution is 6.04. The van der Waals surface area contributed by atoms with Crippen LogP contribution >= 0.6 is 0 Å². The molecule has 0 N–H and O–H groups in total. The number of amides is 1. The first-order valence-corrected chi connectivity index (χ1v) is 13.3. The van der Waals surface area contributed by atoms with Crippen molar-refractivity contribution in [3.05, 3.63) is 46.9 Å². The van der Waals surface area contributed by atoms with Crippen LogP contribution in [0.2, 0.25) is 0 Å². The molecule has 2 saturated carbocycles. The second kappa shape index (κ2) is 8.54. The van der Waals surface area contributed by atoms with Crippen LogP contribution in [0.3, 0.4) is 0 Å². The summed E-state index contributed by atoms with van der Waals surface area (Å²) in [6.07, 6.45) is 11.3. The Bertz CT molecular complexity index is 1290. The van der Waals surface area contributed by atoms with Gasteiger partial charge in [-0.05, 0) is 62.3 Å². The van der Waals surface area contributed by atoms with E-state index in [9.17, 15) is 4.79 Å². The van der Waals surface area contributed by atoms with Gasteiger partial charge in [-0.3, -0.25) is 4.79 Å². The fourth-order valence-corrected chi connectivity index (χ4v) is 6.03. The highest BCUT2D eigenvalue weighted by atomic mass is 16.7. The first-order valence-electron chi connectivity index (χ1n) is 13.3. The lowest BCUT2D eigenvalue weighted by atomic mass is 10.1. The van der Waals surface area contributed by atoms with Crippen molar-refractivity contribution in [3.8, 4) is 11.5 Å². The number of aromatic nitrogens is 3.